The highest BCUT2D eigenvalue weighted by Crippen LogP contribution is 2.00. The van der Waals surface area contributed by atoms with Crippen molar-refractivity contribution in [3.63, 3.8) is 0 Å². The molecule has 1 aromatic rings. The normalized spacial score (nSPS) is 10.1. The second kappa shape index (κ2) is 4.70. The molecular weight excluding hydrogens is 150 g/mol. The van der Waals surface area contributed by atoms with Crippen molar-refractivity contribution >= 4 is 0 Å². The van der Waals surface area contributed by atoms with E-state index in [0.29, 0.717) is 0 Å². The fourth-order valence-electron chi connectivity index (χ4n) is 1.08. The van der Waals surface area contributed by atoms with Gasteiger partial charge in [-0.25, -0.2) is 4.68 Å². The molecule has 0 saturated carbocycles. The maximum atomic E-state index is 3.99. The second-order valence-electron chi connectivity index (χ2n) is 2.79. The molecule has 0 aromatic carbocycles. The molecular formula is C9H15N3. The SMILES string of the molecule is C=CCc1cnnn1CCCC. The first kappa shape index (κ1) is 8.97. The number of aryl methyl sites for hydroxylation is 1. The summed E-state index contributed by atoms with van der Waals surface area (Å²) in [7, 11) is 0. The van der Waals surface area contributed by atoms with Crippen molar-refractivity contribution < 1.29 is 0 Å². The van der Waals surface area contributed by atoms with Gasteiger partial charge in [0, 0.05) is 13.0 Å². The van der Waals surface area contributed by atoms with Crippen LogP contribution in [0.2, 0.25) is 0 Å². The first-order valence-electron chi connectivity index (χ1n) is 4.36. The van der Waals surface area contributed by atoms with Crippen LogP contribution in [0.4, 0.5) is 0 Å². The maximum absolute atomic E-state index is 3.99. The molecule has 0 unspecified atom stereocenters. The Labute approximate surface area is 73.1 Å². The van der Waals surface area contributed by atoms with Crippen molar-refractivity contribution in [1.29, 1.82) is 0 Å². The fraction of sp³-hybridized carbons (Fsp3) is 0.556. The molecule has 0 radical (unpaired) electrons. The Bertz CT molecular complexity index is 240. The van der Waals surface area contributed by atoms with E-state index in [4.69, 9.17) is 0 Å². The molecule has 0 amide bonds. The lowest BCUT2D eigenvalue weighted by molar-refractivity contribution is 0.537. The van der Waals surface area contributed by atoms with Crippen molar-refractivity contribution in [3.8, 4) is 0 Å². The molecule has 12 heavy (non-hydrogen) atoms. The van der Waals surface area contributed by atoms with E-state index in [1.54, 1.807) is 6.20 Å². The highest BCUT2D eigenvalue weighted by molar-refractivity contribution is 4.99. The van der Waals surface area contributed by atoms with Gasteiger partial charge in [-0.1, -0.05) is 24.6 Å². The zero-order valence-corrected chi connectivity index (χ0v) is 7.53. The van der Waals surface area contributed by atoms with Gasteiger partial charge in [0.15, 0.2) is 0 Å². The lowest BCUT2D eigenvalue weighted by Gasteiger charge is -2.01. The summed E-state index contributed by atoms with van der Waals surface area (Å²) in [5.41, 5.74) is 1.15. The predicted molar refractivity (Wildman–Crippen MR) is 48.8 cm³/mol. The minimum absolute atomic E-state index is 0.858. The average molecular weight is 165 g/mol. The summed E-state index contributed by atoms with van der Waals surface area (Å²) in [5, 5.41) is 7.85. The Hall–Kier alpha value is -1.12. The molecule has 0 spiro atoms. The molecule has 1 rings (SSSR count). The zero-order chi connectivity index (χ0) is 8.81. The Kier molecular flexibility index (Phi) is 3.51. The summed E-state index contributed by atoms with van der Waals surface area (Å²) in [6.45, 7) is 6.83. The first-order valence-corrected chi connectivity index (χ1v) is 4.36. The molecule has 0 aliphatic rings. The van der Waals surface area contributed by atoms with Crippen LogP contribution in [0.5, 0.6) is 0 Å². The molecule has 0 saturated heterocycles. The topological polar surface area (TPSA) is 30.7 Å². The van der Waals surface area contributed by atoms with E-state index in [9.17, 15) is 0 Å². The third-order valence-electron chi connectivity index (χ3n) is 1.77. The third-order valence-corrected chi connectivity index (χ3v) is 1.77. The highest BCUT2D eigenvalue weighted by Gasteiger charge is 1.99. The van der Waals surface area contributed by atoms with E-state index in [2.05, 4.69) is 23.8 Å². The predicted octanol–water partition coefficient (Wildman–Crippen LogP) is 1.81. The highest BCUT2D eigenvalue weighted by atomic mass is 15.4. The van der Waals surface area contributed by atoms with E-state index in [1.165, 1.54) is 6.42 Å². The largest absolute Gasteiger partial charge is 0.249 e. The molecule has 0 fully saturated rings. The molecule has 0 aliphatic carbocycles. The van der Waals surface area contributed by atoms with Crippen LogP contribution in [0.3, 0.4) is 0 Å². The zero-order valence-electron chi connectivity index (χ0n) is 7.53. The van der Waals surface area contributed by atoms with Crippen LogP contribution in [-0.2, 0) is 13.0 Å². The minimum Gasteiger partial charge on any atom is -0.249 e. The number of rotatable bonds is 5. The van der Waals surface area contributed by atoms with Crippen molar-refractivity contribution in [3.05, 3.63) is 24.5 Å². The van der Waals surface area contributed by atoms with E-state index >= 15 is 0 Å². The first-order chi connectivity index (χ1) is 5.88. The quantitative estimate of drug-likeness (QED) is 0.623. The van der Waals surface area contributed by atoms with Gasteiger partial charge in [-0.15, -0.1) is 11.7 Å². The Morgan fingerprint density at radius 2 is 2.50 bits per heavy atom. The van der Waals surface area contributed by atoms with Crippen LogP contribution in [0, 0.1) is 0 Å². The number of hydrogen-bond acceptors (Lipinski definition) is 2. The van der Waals surface area contributed by atoms with E-state index in [0.717, 1.165) is 25.1 Å². The van der Waals surface area contributed by atoms with Crippen molar-refractivity contribution in [2.24, 2.45) is 0 Å². The van der Waals surface area contributed by atoms with Crippen molar-refractivity contribution in [2.45, 2.75) is 32.7 Å². The van der Waals surface area contributed by atoms with E-state index in [1.807, 2.05) is 10.8 Å². The van der Waals surface area contributed by atoms with Gasteiger partial charge in [-0.3, -0.25) is 0 Å². The average Bonchev–Trinajstić information content (AvgIpc) is 2.50. The number of aromatic nitrogens is 3. The van der Waals surface area contributed by atoms with Gasteiger partial charge in [0.25, 0.3) is 0 Å². The smallest absolute Gasteiger partial charge is 0.0728 e. The van der Waals surface area contributed by atoms with Gasteiger partial charge >= 0.3 is 0 Å². The Morgan fingerprint density at radius 1 is 1.67 bits per heavy atom. The van der Waals surface area contributed by atoms with Crippen LogP contribution < -0.4 is 0 Å². The Balaban J connectivity index is 2.57. The third kappa shape index (κ3) is 2.19. The van der Waals surface area contributed by atoms with Gasteiger partial charge in [0.1, 0.15) is 0 Å². The molecule has 3 nitrogen and oxygen atoms in total. The number of unbranched alkanes of at least 4 members (excludes halogenated alkanes) is 1. The second-order valence-corrected chi connectivity index (χ2v) is 2.79. The maximum Gasteiger partial charge on any atom is 0.0728 e. The van der Waals surface area contributed by atoms with Crippen molar-refractivity contribution in [2.75, 3.05) is 0 Å². The summed E-state index contributed by atoms with van der Waals surface area (Å²) in [6, 6.07) is 0. The number of hydrogen-bond donors (Lipinski definition) is 0. The molecule has 0 aliphatic heterocycles. The van der Waals surface area contributed by atoms with Crippen LogP contribution in [-0.4, -0.2) is 15.0 Å². The van der Waals surface area contributed by atoms with Gasteiger partial charge in [0.05, 0.1) is 11.9 Å². The van der Waals surface area contributed by atoms with Crippen LogP contribution in [0.1, 0.15) is 25.5 Å². The number of nitrogens with zero attached hydrogens (tertiary/aromatic N) is 3. The molecule has 0 N–H and O–H groups in total. The summed E-state index contributed by atoms with van der Waals surface area (Å²) in [5.74, 6) is 0. The lowest BCUT2D eigenvalue weighted by atomic mass is 10.3. The molecule has 1 heterocycles. The molecule has 66 valence electrons. The van der Waals surface area contributed by atoms with Crippen LogP contribution >= 0.6 is 0 Å². The van der Waals surface area contributed by atoms with Gasteiger partial charge in [0.2, 0.25) is 0 Å². The van der Waals surface area contributed by atoms with E-state index in [-0.39, 0.29) is 0 Å². The Morgan fingerprint density at radius 3 is 3.17 bits per heavy atom. The van der Waals surface area contributed by atoms with Gasteiger partial charge < -0.3 is 0 Å². The van der Waals surface area contributed by atoms with Crippen LogP contribution in [0.15, 0.2) is 18.9 Å². The van der Waals surface area contributed by atoms with Gasteiger partial charge in [-0.2, -0.15) is 0 Å². The summed E-state index contributed by atoms with van der Waals surface area (Å²) in [6.07, 6.45) is 6.89. The summed E-state index contributed by atoms with van der Waals surface area (Å²) in [4.78, 5) is 0. The van der Waals surface area contributed by atoms with Crippen LogP contribution in [0.25, 0.3) is 0 Å². The lowest BCUT2D eigenvalue weighted by Crippen LogP contribution is -2.04. The van der Waals surface area contributed by atoms with E-state index < -0.39 is 0 Å². The summed E-state index contributed by atoms with van der Waals surface area (Å²) < 4.78 is 1.95. The molecule has 0 bridgehead atoms. The standard InChI is InChI=1S/C9H15N3/c1-3-5-7-12-9(6-4-2)8-10-11-12/h4,8H,2-3,5-7H2,1H3. The van der Waals surface area contributed by atoms with Gasteiger partial charge in [-0.05, 0) is 6.42 Å². The monoisotopic (exact) mass is 165 g/mol. The minimum atomic E-state index is 0.858. The fourth-order valence-corrected chi connectivity index (χ4v) is 1.08. The molecule has 3 heteroatoms. The number of allylic oxidation sites excluding steroid dienone is 1. The summed E-state index contributed by atoms with van der Waals surface area (Å²) >= 11 is 0. The molecule has 1 aromatic heterocycles. The molecule has 0 atom stereocenters. The van der Waals surface area contributed by atoms with Crippen molar-refractivity contribution in [1.82, 2.24) is 15.0 Å².